The van der Waals surface area contributed by atoms with Crippen LogP contribution in [0, 0.1) is 0 Å². The van der Waals surface area contributed by atoms with Crippen LogP contribution in [0.1, 0.15) is 83.3 Å². The second-order valence-corrected chi connectivity index (χ2v) is 10.1. The highest BCUT2D eigenvalue weighted by Crippen LogP contribution is 2.40. The molecule has 1 fully saturated rings. The lowest BCUT2D eigenvalue weighted by Gasteiger charge is -2.23. The zero-order valence-corrected chi connectivity index (χ0v) is 22.6. The number of esters is 1. The van der Waals surface area contributed by atoms with Crippen LogP contribution in [-0.4, -0.2) is 41.4 Å². The average molecular weight is 505 g/mol. The third-order valence-electron chi connectivity index (χ3n) is 7.35. The number of aliphatic imine (C=N–C) groups is 1. The number of carbonyl (C=O) groups is 2. The normalized spacial score (nSPS) is 16.4. The molecule has 2 aromatic rings. The van der Waals surface area contributed by atoms with E-state index in [1.807, 2.05) is 17.0 Å². The van der Waals surface area contributed by atoms with Gasteiger partial charge in [-0.3, -0.25) is 14.7 Å². The van der Waals surface area contributed by atoms with Crippen LogP contribution < -0.4 is 4.74 Å². The summed E-state index contributed by atoms with van der Waals surface area (Å²) in [7, 11) is 0. The zero-order valence-electron chi connectivity index (χ0n) is 22.6. The molecule has 0 aromatic heterocycles. The van der Waals surface area contributed by atoms with E-state index in [-0.39, 0.29) is 18.5 Å². The maximum absolute atomic E-state index is 13.5. The highest BCUT2D eigenvalue weighted by molar-refractivity contribution is 6.08. The van der Waals surface area contributed by atoms with Crippen molar-refractivity contribution in [1.29, 1.82) is 0 Å². The van der Waals surface area contributed by atoms with Gasteiger partial charge in [-0.1, -0.05) is 69.9 Å². The molecule has 1 spiro atoms. The van der Waals surface area contributed by atoms with Gasteiger partial charge in [0.05, 0.1) is 13.2 Å². The van der Waals surface area contributed by atoms with Crippen LogP contribution in [0.4, 0.5) is 0 Å². The molecular weight excluding hydrogens is 464 g/mol. The molecule has 4 rings (SSSR count). The van der Waals surface area contributed by atoms with E-state index < -0.39 is 5.54 Å². The van der Waals surface area contributed by atoms with Crippen molar-refractivity contribution in [3.8, 4) is 16.9 Å². The molecule has 0 unspecified atom stereocenters. The van der Waals surface area contributed by atoms with Crippen molar-refractivity contribution in [2.45, 2.75) is 90.6 Å². The van der Waals surface area contributed by atoms with Crippen molar-refractivity contribution < 1.29 is 19.1 Å². The number of aryl methyl sites for hydroxylation is 1. The smallest absolute Gasteiger partial charge is 0.344 e. The zero-order chi connectivity index (χ0) is 26.3. The number of hydrogen-bond acceptors (Lipinski definition) is 5. The van der Waals surface area contributed by atoms with Crippen LogP contribution >= 0.6 is 0 Å². The summed E-state index contributed by atoms with van der Waals surface area (Å²) in [6.45, 7) is 6.92. The van der Waals surface area contributed by atoms with E-state index >= 15 is 0 Å². The van der Waals surface area contributed by atoms with Crippen molar-refractivity contribution in [3.05, 3.63) is 53.6 Å². The first-order valence-electron chi connectivity index (χ1n) is 13.9. The molecule has 2 aliphatic rings. The predicted molar refractivity (Wildman–Crippen MR) is 147 cm³/mol. The molecule has 0 bridgehead atoms. The number of amides is 1. The van der Waals surface area contributed by atoms with Crippen LogP contribution in [0.3, 0.4) is 0 Å². The molecule has 1 aliphatic heterocycles. The molecule has 1 saturated carbocycles. The van der Waals surface area contributed by atoms with Crippen LogP contribution in [-0.2, 0) is 27.3 Å². The van der Waals surface area contributed by atoms with Gasteiger partial charge >= 0.3 is 5.97 Å². The van der Waals surface area contributed by atoms with Crippen molar-refractivity contribution >= 4 is 17.7 Å². The number of unbranched alkanes of at least 4 members (excludes halogenated alkanes) is 1. The van der Waals surface area contributed by atoms with Gasteiger partial charge in [-0.05, 0) is 67.0 Å². The Morgan fingerprint density at radius 2 is 1.76 bits per heavy atom. The Kier molecular flexibility index (Phi) is 9.01. The summed E-state index contributed by atoms with van der Waals surface area (Å²) >= 11 is 0. The van der Waals surface area contributed by atoms with E-state index in [1.54, 1.807) is 6.92 Å². The summed E-state index contributed by atoms with van der Waals surface area (Å²) in [5.74, 6) is 1.43. The third kappa shape index (κ3) is 6.23. The number of nitrogens with zero attached hydrogens (tertiary/aromatic N) is 2. The second-order valence-electron chi connectivity index (χ2n) is 10.1. The minimum atomic E-state index is -0.498. The van der Waals surface area contributed by atoms with Gasteiger partial charge in [-0.2, -0.15) is 0 Å². The van der Waals surface area contributed by atoms with Gasteiger partial charge in [0.15, 0.2) is 6.61 Å². The molecule has 0 radical (unpaired) electrons. The topological polar surface area (TPSA) is 68.2 Å². The molecule has 198 valence electrons. The molecule has 6 heteroatoms. The molecule has 2 aromatic carbocycles. The fraction of sp³-hybridized carbons (Fsp3) is 0.516. The maximum Gasteiger partial charge on any atom is 0.344 e. The molecule has 0 N–H and O–H groups in total. The van der Waals surface area contributed by atoms with Gasteiger partial charge in [0, 0.05) is 6.42 Å². The van der Waals surface area contributed by atoms with E-state index in [4.69, 9.17) is 14.5 Å². The number of rotatable bonds is 12. The quantitative estimate of drug-likeness (QED) is 0.310. The Labute approximate surface area is 221 Å². The molecule has 0 atom stereocenters. The fourth-order valence-electron chi connectivity index (χ4n) is 5.42. The molecular formula is C31H40N2O4. The average Bonchev–Trinajstić information content (AvgIpc) is 3.48. The Bertz CT molecular complexity index is 1120. The third-order valence-corrected chi connectivity index (χ3v) is 7.35. The molecule has 1 amide bonds. The van der Waals surface area contributed by atoms with Crippen LogP contribution in [0.15, 0.2) is 47.5 Å². The van der Waals surface area contributed by atoms with Gasteiger partial charge < -0.3 is 9.47 Å². The first-order chi connectivity index (χ1) is 18.0. The van der Waals surface area contributed by atoms with Crippen LogP contribution in [0.25, 0.3) is 11.1 Å². The first kappa shape index (κ1) is 26.9. The van der Waals surface area contributed by atoms with Crippen molar-refractivity contribution in [2.75, 3.05) is 13.2 Å². The van der Waals surface area contributed by atoms with Gasteiger partial charge in [0.2, 0.25) is 0 Å². The van der Waals surface area contributed by atoms with Crippen LogP contribution in [0.2, 0.25) is 0 Å². The lowest BCUT2D eigenvalue weighted by atomic mass is 9.95. The standard InChI is InChI=1S/C31H40N2O4/c1-4-7-11-28-32-31(18-8-9-19-31)30(35)33(28)21-23-12-14-25(15-13-23)27-20-26(17-16-24(27)10-5-2)37-22-29(34)36-6-3/h12-17,20H,4-11,18-19,21-22H2,1-3H3. The molecule has 0 saturated heterocycles. The minimum Gasteiger partial charge on any atom is -0.482 e. The Morgan fingerprint density at radius 1 is 1.00 bits per heavy atom. The molecule has 6 nitrogen and oxygen atoms in total. The molecule has 1 aliphatic carbocycles. The van der Waals surface area contributed by atoms with Crippen molar-refractivity contribution in [3.63, 3.8) is 0 Å². The number of benzene rings is 2. The lowest BCUT2D eigenvalue weighted by Crippen LogP contribution is -2.40. The summed E-state index contributed by atoms with van der Waals surface area (Å²) in [4.78, 5) is 32.1. The van der Waals surface area contributed by atoms with E-state index in [2.05, 4.69) is 44.2 Å². The summed E-state index contributed by atoms with van der Waals surface area (Å²) in [5.41, 5.74) is 4.03. The Morgan fingerprint density at radius 3 is 2.43 bits per heavy atom. The van der Waals surface area contributed by atoms with E-state index in [0.717, 1.165) is 80.3 Å². The largest absolute Gasteiger partial charge is 0.482 e. The Hall–Kier alpha value is -3.15. The molecule has 1 heterocycles. The Balaban J connectivity index is 1.52. The van der Waals surface area contributed by atoms with Crippen LogP contribution in [0.5, 0.6) is 5.75 Å². The number of amidine groups is 1. The highest BCUT2D eigenvalue weighted by atomic mass is 16.6. The lowest BCUT2D eigenvalue weighted by molar-refractivity contribution is -0.145. The maximum atomic E-state index is 13.5. The number of carbonyl (C=O) groups excluding carboxylic acids is 2. The fourth-order valence-corrected chi connectivity index (χ4v) is 5.42. The van der Waals surface area contributed by atoms with Gasteiger partial charge in [0.1, 0.15) is 17.1 Å². The number of ether oxygens (including phenoxy) is 2. The van der Waals surface area contributed by atoms with Gasteiger partial charge in [-0.25, -0.2) is 4.79 Å². The highest BCUT2D eigenvalue weighted by Gasteiger charge is 2.49. The summed E-state index contributed by atoms with van der Waals surface area (Å²) in [6, 6.07) is 14.5. The van der Waals surface area contributed by atoms with Gasteiger partial charge in [-0.15, -0.1) is 0 Å². The second kappa shape index (κ2) is 12.4. The number of hydrogen-bond donors (Lipinski definition) is 0. The SMILES string of the molecule is CCCCC1=NC2(CCCC2)C(=O)N1Cc1ccc(-c2cc(OCC(=O)OCC)ccc2CCC)cc1. The van der Waals surface area contributed by atoms with Crippen molar-refractivity contribution in [1.82, 2.24) is 4.90 Å². The summed E-state index contributed by atoms with van der Waals surface area (Å²) in [6.07, 6.45) is 8.92. The first-order valence-corrected chi connectivity index (χ1v) is 13.9. The summed E-state index contributed by atoms with van der Waals surface area (Å²) in [5, 5.41) is 0. The monoisotopic (exact) mass is 504 g/mol. The molecule has 37 heavy (non-hydrogen) atoms. The van der Waals surface area contributed by atoms with E-state index in [0.29, 0.717) is 18.9 Å². The van der Waals surface area contributed by atoms with E-state index in [1.165, 1.54) is 5.56 Å². The van der Waals surface area contributed by atoms with E-state index in [9.17, 15) is 9.59 Å². The predicted octanol–water partition coefficient (Wildman–Crippen LogP) is 6.49. The minimum absolute atomic E-state index is 0.105. The van der Waals surface area contributed by atoms with Gasteiger partial charge in [0.25, 0.3) is 5.91 Å². The van der Waals surface area contributed by atoms with Crippen molar-refractivity contribution in [2.24, 2.45) is 4.99 Å². The summed E-state index contributed by atoms with van der Waals surface area (Å²) < 4.78 is 10.7.